The minimum Gasteiger partial charge on any atom is -0.439 e. The molecule has 0 amide bonds. The smallest absolute Gasteiger partial charge is 0.219 e. The minimum atomic E-state index is -3.18. The SMILES string of the molecule is CS(=O)(=O)c1ccc(Oc2ccc(CBr)cn2)cc1. The number of halogens is 1. The zero-order valence-corrected chi connectivity index (χ0v) is 12.6. The number of hydrogen-bond acceptors (Lipinski definition) is 4. The molecule has 0 aliphatic carbocycles. The van der Waals surface area contributed by atoms with Crippen molar-refractivity contribution in [2.24, 2.45) is 0 Å². The zero-order valence-electron chi connectivity index (χ0n) is 10.2. The number of benzene rings is 1. The van der Waals surface area contributed by atoms with E-state index in [-0.39, 0.29) is 4.90 Å². The van der Waals surface area contributed by atoms with Gasteiger partial charge in [0.15, 0.2) is 9.84 Å². The number of ether oxygens (including phenoxy) is 1. The summed E-state index contributed by atoms with van der Waals surface area (Å²) < 4.78 is 28.2. The summed E-state index contributed by atoms with van der Waals surface area (Å²) in [7, 11) is -3.18. The molecule has 0 aliphatic rings. The van der Waals surface area contributed by atoms with E-state index in [1.54, 1.807) is 24.4 Å². The van der Waals surface area contributed by atoms with E-state index in [2.05, 4.69) is 20.9 Å². The normalized spacial score (nSPS) is 11.3. The molecule has 0 atom stereocenters. The first kappa shape index (κ1) is 14.0. The minimum absolute atomic E-state index is 0.266. The highest BCUT2D eigenvalue weighted by molar-refractivity contribution is 9.08. The summed E-state index contributed by atoms with van der Waals surface area (Å²) >= 11 is 3.34. The first-order valence-corrected chi connectivity index (χ1v) is 8.49. The summed E-state index contributed by atoms with van der Waals surface area (Å²) in [5, 5.41) is 0.739. The quantitative estimate of drug-likeness (QED) is 0.801. The molecule has 0 unspecified atom stereocenters. The lowest BCUT2D eigenvalue weighted by atomic mass is 10.3. The van der Waals surface area contributed by atoms with Gasteiger partial charge in [-0.25, -0.2) is 13.4 Å². The summed E-state index contributed by atoms with van der Waals surface area (Å²) in [6.07, 6.45) is 2.89. The summed E-state index contributed by atoms with van der Waals surface area (Å²) in [6, 6.07) is 9.91. The van der Waals surface area contributed by atoms with Gasteiger partial charge in [0.1, 0.15) is 5.75 Å². The van der Waals surface area contributed by atoms with E-state index in [0.717, 1.165) is 10.9 Å². The topological polar surface area (TPSA) is 56.3 Å². The van der Waals surface area contributed by atoms with Crippen molar-refractivity contribution in [1.29, 1.82) is 0 Å². The van der Waals surface area contributed by atoms with Crippen molar-refractivity contribution < 1.29 is 13.2 Å². The van der Waals surface area contributed by atoms with Crippen molar-refractivity contribution in [2.45, 2.75) is 10.2 Å². The zero-order chi connectivity index (χ0) is 13.9. The maximum Gasteiger partial charge on any atom is 0.219 e. The molecule has 0 spiro atoms. The molecule has 4 nitrogen and oxygen atoms in total. The standard InChI is InChI=1S/C13H12BrNO3S/c1-19(16,17)12-5-3-11(4-6-12)18-13-7-2-10(8-14)9-15-13/h2-7,9H,8H2,1H3. The van der Waals surface area contributed by atoms with E-state index >= 15 is 0 Å². The lowest BCUT2D eigenvalue weighted by Gasteiger charge is -2.05. The van der Waals surface area contributed by atoms with Gasteiger partial charge in [-0.2, -0.15) is 0 Å². The van der Waals surface area contributed by atoms with Gasteiger partial charge in [-0.05, 0) is 29.8 Å². The van der Waals surface area contributed by atoms with Crippen LogP contribution in [0.5, 0.6) is 11.6 Å². The molecule has 1 heterocycles. The van der Waals surface area contributed by atoms with Crippen LogP contribution in [0.15, 0.2) is 47.5 Å². The lowest BCUT2D eigenvalue weighted by molar-refractivity contribution is 0.462. The summed E-state index contributed by atoms with van der Waals surface area (Å²) in [4.78, 5) is 4.41. The van der Waals surface area contributed by atoms with E-state index < -0.39 is 9.84 Å². The lowest BCUT2D eigenvalue weighted by Crippen LogP contribution is -1.96. The Kier molecular flexibility index (Phi) is 4.21. The number of sulfone groups is 1. The van der Waals surface area contributed by atoms with Crippen LogP contribution in [0.2, 0.25) is 0 Å². The Bertz CT molecular complexity index is 651. The Hall–Kier alpha value is -1.40. The monoisotopic (exact) mass is 341 g/mol. The van der Waals surface area contributed by atoms with Crippen molar-refractivity contribution >= 4 is 25.8 Å². The number of hydrogen-bond donors (Lipinski definition) is 0. The molecule has 19 heavy (non-hydrogen) atoms. The van der Waals surface area contributed by atoms with Gasteiger partial charge in [0, 0.05) is 23.8 Å². The Morgan fingerprint density at radius 2 is 1.84 bits per heavy atom. The Morgan fingerprint density at radius 3 is 2.32 bits per heavy atom. The average Bonchev–Trinajstić information content (AvgIpc) is 2.39. The van der Waals surface area contributed by atoms with Crippen molar-refractivity contribution in [2.75, 3.05) is 6.26 Å². The molecule has 0 saturated carbocycles. The second-order valence-corrected chi connectivity index (χ2v) is 6.56. The fraction of sp³-hybridized carbons (Fsp3) is 0.154. The van der Waals surface area contributed by atoms with Crippen LogP contribution in [0.25, 0.3) is 0 Å². The molecule has 0 aliphatic heterocycles. The molecular formula is C13H12BrNO3S. The maximum absolute atomic E-state index is 11.3. The summed E-state index contributed by atoms with van der Waals surface area (Å²) in [5.41, 5.74) is 1.06. The van der Waals surface area contributed by atoms with Crippen LogP contribution in [0, 0.1) is 0 Å². The fourth-order valence-electron chi connectivity index (χ4n) is 1.43. The van der Waals surface area contributed by atoms with Crippen molar-refractivity contribution in [3.05, 3.63) is 48.2 Å². The molecule has 2 aromatic rings. The van der Waals surface area contributed by atoms with Crippen LogP contribution in [0.3, 0.4) is 0 Å². The van der Waals surface area contributed by atoms with E-state index in [4.69, 9.17) is 4.74 Å². The molecule has 100 valence electrons. The maximum atomic E-state index is 11.3. The molecule has 2 rings (SSSR count). The van der Waals surface area contributed by atoms with Gasteiger partial charge < -0.3 is 4.74 Å². The molecule has 0 saturated heterocycles. The van der Waals surface area contributed by atoms with E-state index in [1.807, 2.05) is 6.07 Å². The van der Waals surface area contributed by atoms with Crippen LogP contribution < -0.4 is 4.74 Å². The molecule has 0 fully saturated rings. The molecule has 0 radical (unpaired) electrons. The van der Waals surface area contributed by atoms with Gasteiger partial charge in [-0.15, -0.1) is 0 Å². The van der Waals surface area contributed by atoms with Crippen LogP contribution in [-0.2, 0) is 15.2 Å². The molecule has 1 aromatic heterocycles. The third-order valence-electron chi connectivity index (χ3n) is 2.43. The Labute approximate surface area is 120 Å². The van der Waals surface area contributed by atoms with Crippen molar-refractivity contribution in [3.63, 3.8) is 0 Å². The average molecular weight is 342 g/mol. The van der Waals surface area contributed by atoms with Gasteiger partial charge in [0.25, 0.3) is 0 Å². The van der Waals surface area contributed by atoms with Crippen molar-refractivity contribution in [1.82, 2.24) is 4.98 Å². The predicted octanol–water partition coefficient (Wildman–Crippen LogP) is 3.17. The number of pyridine rings is 1. The number of nitrogens with zero attached hydrogens (tertiary/aromatic N) is 1. The van der Waals surface area contributed by atoms with E-state index in [0.29, 0.717) is 11.6 Å². The number of rotatable bonds is 4. The van der Waals surface area contributed by atoms with Gasteiger partial charge >= 0.3 is 0 Å². The number of aromatic nitrogens is 1. The third kappa shape index (κ3) is 3.78. The van der Waals surface area contributed by atoms with Crippen molar-refractivity contribution in [3.8, 4) is 11.6 Å². The second kappa shape index (κ2) is 5.71. The Balaban J connectivity index is 2.15. The summed E-state index contributed by atoms with van der Waals surface area (Å²) in [6.45, 7) is 0. The Morgan fingerprint density at radius 1 is 1.16 bits per heavy atom. The fourth-order valence-corrected chi connectivity index (χ4v) is 2.39. The first-order valence-electron chi connectivity index (χ1n) is 5.48. The third-order valence-corrected chi connectivity index (χ3v) is 4.20. The van der Waals surface area contributed by atoms with Gasteiger partial charge in [0.2, 0.25) is 5.88 Å². The molecule has 0 bridgehead atoms. The highest BCUT2D eigenvalue weighted by atomic mass is 79.9. The number of alkyl halides is 1. The summed E-state index contributed by atoms with van der Waals surface area (Å²) in [5.74, 6) is 1.02. The highest BCUT2D eigenvalue weighted by Crippen LogP contribution is 2.21. The van der Waals surface area contributed by atoms with Gasteiger partial charge in [-0.3, -0.25) is 0 Å². The predicted molar refractivity (Wildman–Crippen MR) is 76.5 cm³/mol. The van der Waals surface area contributed by atoms with Crippen LogP contribution >= 0.6 is 15.9 Å². The molecule has 0 N–H and O–H groups in total. The van der Waals surface area contributed by atoms with E-state index in [9.17, 15) is 8.42 Å². The van der Waals surface area contributed by atoms with Gasteiger partial charge in [0.05, 0.1) is 4.90 Å². The molecule has 6 heteroatoms. The van der Waals surface area contributed by atoms with Crippen LogP contribution in [0.4, 0.5) is 0 Å². The van der Waals surface area contributed by atoms with Gasteiger partial charge in [-0.1, -0.05) is 22.0 Å². The largest absolute Gasteiger partial charge is 0.439 e. The van der Waals surface area contributed by atoms with E-state index in [1.165, 1.54) is 18.4 Å². The van der Waals surface area contributed by atoms with Crippen LogP contribution in [0.1, 0.15) is 5.56 Å². The van der Waals surface area contributed by atoms with Crippen LogP contribution in [-0.4, -0.2) is 19.7 Å². The second-order valence-electron chi connectivity index (χ2n) is 3.98. The molecular weight excluding hydrogens is 330 g/mol. The first-order chi connectivity index (χ1) is 8.99. The highest BCUT2D eigenvalue weighted by Gasteiger charge is 2.07. The molecule has 1 aromatic carbocycles.